The van der Waals surface area contributed by atoms with Crippen LogP contribution in [0.3, 0.4) is 0 Å². The lowest BCUT2D eigenvalue weighted by Gasteiger charge is -1.99. The number of aryl methyl sites for hydroxylation is 2. The SMILES string of the molecule is Nc1nc(CCc2cccc(F)c2)c(Br)s1. The van der Waals surface area contributed by atoms with Gasteiger partial charge in [0.15, 0.2) is 5.13 Å². The van der Waals surface area contributed by atoms with Crippen molar-refractivity contribution in [1.82, 2.24) is 4.98 Å². The van der Waals surface area contributed by atoms with E-state index in [2.05, 4.69) is 20.9 Å². The van der Waals surface area contributed by atoms with Gasteiger partial charge in [0.1, 0.15) is 5.82 Å². The number of halogens is 2. The summed E-state index contributed by atoms with van der Waals surface area (Å²) < 4.78 is 13.9. The van der Waals surface area contributed by atoms with Gasteiger partial charge in [-0.25, -0.2) is 9.37 Å². The summed E-state index contributed by atoms with van der Waals surface area (Å²) >= 11 is 4.82. The summed E-state index contributed by atoms with van der Waals surface area (Å²) in [6.07, 6.45) is 1.53. The molecule has 0 saturated heterocycles. The Kier molecular flexibility index (Phi) is 3.56. The number of nitrogens with two attached hydrogens (primary N) is 1. The molecule has 2 N–H and O–H groups in total. The predicted octanol–water partition coefficient (Wildman–Crippen LogP) is 3.41. The highest BCUT2D eigenvalue weighted by Gasteiger charge is 2.07. The summed E-state index contributed by atoms with van der Waals surface area (Å²) in [5.74, 6) is -0.200. The molecule has 0 saturated carbocycles. The van der Waals surface area contributed by atoms with Crippen molar-refractivity contribution in [3.8, 4) is 0 Å². The second-order valence-electron chi connectivity index (χ2n) is 3.40. The van der Waals surface area contributed by atoms with E-state index in [1.54, 1.807) is 12.1 Å². The van der Waals surface area contributed by atoms with Crippen molar-refractivity contribution in [1.29, 1.82) is 0 Å². The van der Waals surface area contributed by atoms with E-state index in [-0.39, 0.29) is 5.82 Å². The maximum Gasteiger partial charge on any atom is 0.181 e. The first kappa shape index (κ1) is 11.5. The molecule has 0 fully saturated rings. The molecule has 0 aliphatic rings. The molecule has 2 nitrogen and oxygen atoms in total. The molecule has 0 amide bonds. The molecule has 0 bridgehead atoms. The molecule has 1 aromatic heterocycles. The number of aromatic nitrogens is 1. The van der Waals surface area contributed by atoms with Crippen LogP contribution in [0.15, 0.2) is 28.1 Å². The average molecular weight is 301 g/mol. The highest BCUT2D eigenvalue weighted by molar-refractivity contribution is 9.11. The summed E-state index contributed by atoms with van der Waals surface area (Å²) in [7, 11) is 0. The topological polar surface area (TPSA) is 38.9 Å². The second-order valence-corrected chi connectivity index (χ2v) is 5.75. The van der Waals surface area contributed by atoms with E-state index in [0.29, 0.717) is 5.13 Å². The molecule has 0 radical (unpaired) electrons. The standard InChI is InChI=1S/C11H10BrFN2S/c12-10-9(15-11(14)16-10)5-4-7-2-1-3-8(13)6-7/h1-3,6H,4-5H2,(H2,14,15). The number of anilines is 1. The van der Waals surface area contributed by atoms with Gasteiger partial charge in [0, 0.05) is 0 Å². The Balaban J connectivity index is 2.05. The van der Waals surface area contributed by atoms with Crippen LogP contribution in [0.5, 0.6) is 0 Å². The number of nitrogens with zero attached hydrogens (tertiary/aromatic N) is 1. The molecule has 0 unspecified atom stereocenters. The van der Waals surface area contributed by atoms with Gasteiger partial charge in [-0.15, -0.1) is 0 Å². The number of benzene rings is 1. The van der Waals surface area contributed by atoms with Crippen molar-refractivity contribution < 1.29 is 4.39 Å². The van der Waals surface area contributed by atoms with E-state index in [0.717, 1.165) is 27.9 Å². The zero-order valence-corrected chi connectivity index (χ0v) is 10.8. The van der Waals surface area contributed by atoms with E-state index in [4.69, 9.17) is 5.73 Å². The summed E-state index contributed by atoms with van der Waals surface area (Å²) in [5, 5.41) is 0.557. The van der Waals surface area contributed by atoms with Gasteiger partial charge in [-0.1, -0.05) is 23.5 Å². The summed E-state index contributed by atoms with van der Waals surface area (Å²) in [6, 6.07) is 6.62. The first-order valence-corrected chi connectivity index (χ1v) is 6.41. The molecule has 5 heteroatoms. The van der Waals surface area contributed by atoms with Crippen LogP contribution in [0.2, 0.25) is 0 Å². The van der Waals surface area contributed by atoms with Gasteiger partial charge in [-0.05, 0) is 46.5 Å². The zero-order chi connectivity index (χ0) is 11.5. The Hall–Kier alpha value is -0.940. The molecular formula is C11H10BrFN2S. The number of hydrogen-bond donors (Lipinski definition) is 1. The largest absolute Gasteiger partial charge is 0.375 e. The van der Waals surface area contributed by atoms with Gasteiger partial charge in [-0.3, -0.25) is 0 Å². The molecule has 0 atom stereocenters. The van der Waals surface area contributed by atoms with Crippen LogP contribution in [0.25, 0.3) is 0 Å². The normalized spacial score (nSPS) is 10.6. The Morgan fingerprint density at radius 1 is 1.38 bits per heavy atom. The fourth-order valence-corrected chi connectivity index (χ4v) is 2.85. The Morgan fingerprint density at radius 2 is 2.19 bits per heavy atom. The van der Waals surface area contributed by atoms with Crippen LogP contribution >= 0.6 is 27.3 Å². The average Bonchev–Trinajstić information content (AvgIpc) is 2.54. The lowest BCUT2D eigenvalue weighted by atomic mass is 10.1. The van der Waals surface area contributed by atoms with Crippen LogP contribution in [0.4, 0.5) is 9.52 Å². The van der Waals surface area contributed by atoms with Crippen molar-refractivity contribution >= 4 is 32.4 Å². The highest BCUT2D eigenvalue weighted by atomic mass is 79.9. The van der Waals surface area contributed by atoms with Gasteiger partial charge >= 0.3 is 0 Å². The van der Waals surface area contributed by atoms with Crippen molar-refractivity contribution in [3.05, 3.63) is 45.1 Å². The second kappa shape index (κ2) is 4.93. The summed E-state index contributed by atoms with van der Waals surface area (Å²) in [4.78, 5) is 4.20. The van der Waals surface area contributed by atoms with Crippen molar-refractivity contribution in [2.24, 2.45) is 0 Å². The van der Waals surface area contributed by atoms with Crippen LogP contribution in [0, 0.1) is 5.82 Å². The fraction of sp³-hybridized carbons (Fsp3) is 0.182. The van der Waals surface area contributed by atoms with E-state index in [9.17, 15) is 4.39 Å². The van der Waals surface area contributed by atoms with Gasteiger partial charge in [0.25, 0.3) is 0 Å². The third kappa shape index (κ3) is 2.80. The Labute approximate surface area is 105 Å². The Morgan fingerprint density at radius 3 is 2.81 bits per heavy atom. The molecular weight excluding hydrogens is 291 g/mol. The van der Waals surface area contributed by atoms with E-state index in [1.165, 1.54) is 17.4 Å². The molecule has 0 aliphatic carbocycles. The number of hydrogen-bond acceptors (Lipinski definition) is 3. The molecule has 0 spiro atoms. The molecule has 84 valence electrons. The minimum Gasteiger partial charge on any atom is -0.375 e. The van der Waals surface area contributed by atoms with Crippen molar-refractivity contribution in [3.63, 3.8) is 0 Å². The molecule has 2 aromatic rings. The highest BCUT2D eigenvalue weighted by Crippen LogP contribution is 2.27. The monoisotopic (exact) mass is 300 g/mol. The maximum atomic E-state index is 12.9. The van der Waals surface area contributed by atoms with Crippen molar-refractivity contribution in [2.75, 3.05) is 5.73 Å². The van der Waals surface area contributed by atoms with Gasteiger partial charge in [0.05, 0.1) is 9.48 Å². The van der Waals surface area contributed by atoms with Crippen LogP contribution in [-0.4, -0.2) is 4.98 Å². The lowest BCUT2D eigenvalue weighted by molar-refractivity contribution is 0.625. The lowest BCUT2D eigenvalue weighted by Crippen LogP contribution is -1.93. The van der Waals surface area contributed by atoms with E-state index >= 15 is 0 Å². The van der Waals surface area contributed by atoms with Gasteiger partial charge < -0.3 is 5.73 Å². The minimum atomic E-state index is -0.200. The number of nitrogen functional groups attached to an aromatic ring is 1. The fourth-order valence-electron chi connectivity index (χ4n) is 1.46. The number of thiazole rings is 1. The molecule has 0 aliphatic heterocycles. The van der Waals surface area contributed by atoms with E-state index < -0.39 is 0 Å². The third-order valence-electron chi connectivity index (χ3n) is 2.21. The van der Waals surface area contributed by atoms with Crippen LogP contribution in [-0.2, 0) is 12.8 Å². The van der Waals surface area contributed by atoms with E-state index in [1.807, 2.05) is 6.07 Å². The van der Waals surface area contributed by atoms with Crippen LogP contribution in [0.1, 0.15) is 11.3 Å². The summed E-state index contributed by atoms with van der Waals surface area (Å²) in [5.41, 5.74) is 7.50. The third-order valence-corrected chi connectivity index (χ3v) is 3.86. The smallest absolute Gasteiger partial charge is 0.181 e. The zero-order valence-electron chi connectivity index (χ0n) is 8.41. The minimum absolute atomic E-state index is 0.200. The first-order chi connectivity index (χ1) is 7.65. The molecule has 16 heavy (non-hydrogen) atoms. The predicted molar refractivity (Wildman–Crippen MR) is 68.0 cm³/mol. The van der Waals surface area contributed by atoms with Crippen LogP contribution < -0.4 is 5.73 Å². The first-order valence-electron chi connectivity index (χ1n) is 4.80. The summed E-state index contributed by atoms with van der Waals surface area (Å²) in [6.45, 7) is 0. The molecule has 2 rings (SSSR count). The van der Waals surface area contributed by atoms with Gasteiger partial charge in [-0.2, -0.15) is 0 Å². The Bertz CT molecular complexity index is 498. The quantitative estimate of drug-likeness (QED) is 0.943. The molecule has 1 heterocycles. The van der Waals surface area contributed by atoms with Crippen molar-refractivity contribution in [2.45, 2.75) is 12.8 Å². The maximum absolute atomic E-state index is 12.9. The molecule has 1 aromatic carbocycles. The number of rotatable bonds is 3. The van der Waals surface area contributed by atoms with Gasteiger partial charge in [0.2, 0.25) is 0 Å².